The van der Waals surface area contributed by atoms with Crippen LogP contribution in [-0.2, 0) is 4.79 Å². The fraction of sp³-hybridized carbons (Fsp3) is 0.227. The molecule has 0 spiro atoms. The van der Waals surface area contributed by atoms with Crippen molar-refractivity contribution in [2.75, 3.05) is 38.1 Å². The summed E-state index contributed by atoms with van der Waals surface area (Å²) in [5, 5.41) is 0. The Balaban J connectivity index is 1.39. The van der Waals surface area contributed by atoms with Crippen LogP contribution in [0.3, 0.4) is 0 Å². The first-order chi connectivity index (χ1) is 14.0. The van der Waals surface area contributed by atoms with Crippen LogP contribution in [0.1, 0.15) is 15.9 Å². The normalized spacial score (nSPS) is 18.7. The van der Waals surface area contributed by atoms with Gasteiger partial charge in [-0.05, 0) is 35.9 Å². The monoisotopic (exact) mass is 423 g/mol. The van der Waals surface area contributed by atoms with Gasteiger partial charge in [0.05, 0.1) is 4.91 Å². The lowest BCUT2D eigenvalue weighted by atomic mass is 10.1. The third-order valence-electron chi connectivity index (χ3n) is 5.13. The molecule has 2 aliphatic heterocycles. The highest BCUT2D eigenvalue weighted by Crippen LogP contribution is 2.31. The number of thiocarbonyl (C=S) groups is 1. The van der Waals surface area contributed by atoms with Crippen LogP contribution in [0.2, 0.25) is 0 Å². The van der Waals surface area contributed by atoms with Gasteiger partial charge in [0, 0.05) is 44.5 Å². The second-order valence-corrected chi connectivity index (χ2v) is 8.65. The van der Waals surface area contributed by atoms with E-state index in [9.17, 15) is 9.59 Å². The number of hydrogen-bond acceptors (Lipinski definition) is 5. The molecule has 5 nitrogen and oxygen atoms in total. The fourth-order valence-corrected chi connectivity index (χ4v) is 4.59. The average molecular weight is 424 g/mol. The van der Waals surface area contributed by atoms with E-state index in [1.54, 1.807) is 7.05 Å². The molecule has 0 saturated carbocycles. The van der Waals surface area contributed by atoms with Crippen LogP contribution in [-0.4, -0.2) is 59.2 Å². The molecule has 2 aliphatic rings. The maximum atomic E-state index is 12.8. The van der Waals surface area contributed by atoms with Gasteiger partial charge in [-0.15, -0.1) is 0 Å². The van der Waals surface area contributed by atoms with E-state index in [-0.39, 0.29) is 11.8 Å². The molecule has 2 amide bonds. The lowest BCUT2D eigenvalue weighted by Crippen LogP contribution is -2.48. The Morgan fingerprint density at radius 1 is 1.00 bits per heavy atom. The number of carbonyl (C=O) groups excluding carboxylic acids is 2. The topological polar surface area (TPSA) is 43.9 Å². The van der Waals surface area contributed by atoms with Crippen LogP contribution in [0.4, 0.5) is 5.69 Å². The van der Waals surface area contributed by atoms with Gasteiger partial charge in [-0.3, -0.25) is 14.5 Å². The Kier molecular flexibility index (Phi) is 5.69. The maximum Gasteiger partial charge on any atom is 0.265 e. The third-order valence-corrected chi connectivity index (χ3v) is 6.61. The number of piperazine rings is 1. The van der Waals surface area contributed by atoms with Gasteiger partial charge in [0.15, 0.2) is 0 Å². The molecule has 0 atom stereocenters. The highest BCUT2D eigenvalue weighted by molar-refractivity contribution is 8.26. The summed E-state index contributed by atoms with van der Waals surface area (Å²) in [6.45, 7) is 3.06. The molecule has 0 unspecified atom stereocenters. The van der Waals surface area contributed by atoms with E-state index in [2.05, 4.69) is 17.0 Å². The highest BCUT2D eigenvalue weighted by Gasteiger charge is 2.28. The van der Waals surface area contributed by atoms with Crippen molar-refractivity contribution in [1.82, 2.24) is 9.80 Å². The van der Waals surface area contributed by atoms with E-state index in [4.69, 9.17) is 12.2 Å². The Morgan fingerprint density at radius 3 is 2.24 bits per heavy atom. The van der Waals surface area contributed by atoms with Crippen LogP contribution < -0.4 is 4.90 Å². The second kappa shape index (κ2) is 8.39. The zero-order chi connectivity index (χ0) is 20.4. The van der Waals surface area contributed by atoms with Gasteiger partial charge in [0.2, 0.25) is 0 Å². The van der Waals surface area contributed by atoms with Gasteiger partial charge in [-0.25, -0.2) is 0 Å². The number of hydrogen-bond donors (Lipinski definition) is 0. The van der Waals surface area contributed by atoms with Crippen molar-refractivity contribution in [3.05, 3.63) is 70.6 Å². The number of para-hydroxylation sites is 1. The van der Waals surface area contributed by atoms with Crippen molar-refractivity contribution in [1.29, 1.82) is 0 Å². The van der Waals surface area contributed by atoms with Gasteiger partial charge in [0.25, 0.3) is 11.8 Å². The van der Waals surface area contributed by atoms with E-state index in [1.807, 2.05) is 53.4 Å². The van der Waals surface area contributed by atoms with Crippen LogP contribution in [0.5, 0.6) is 0 Å². The molecule has 0 aliphatic carbocycles. The molecule has 29 heavy (non-hydrogen) atoms. The van der Waals surface area contributed by atoms with E-state index in [0.717, 1.165) is 18.7 Å². The molecule has 2 fully saturated rings. The minimum absolute atomic E-state index is 0.0455. The van der Waals surface area contributed by atoms with Crippen molar-refractivity contribution in [2.45, 2.75) is 0 Å². The van der Waals surface area contributed by atoms with Crippen molar-refractivity contribution in [2.24, 2.45) is 0 Å². The highest BCUT2D eigenvalue weighted by atomic mass is 32.2. The molecule has 4 rings (SSSR count). The molecule has 2 aromatic carbocycles. The summed E-state index contributed by atoms with van der Waals surface area (Å²) >= 11 is 6.45. The second-order valence-electron chi connectivity index (χ2n) is 6.98. The predicted octanol–water partition coefficient (Wildman–Crippen LogP) is 3.48. The van der Waals surface area contributed by atoms with Crippen LogP contribution in [0, 0.1) is 0 Å². The number of anilines is 1. The lowest BCUT2D eigenvalue weighted by Gasteiger charge is -2.36. The molecule has 0 radical (unpaired) electrons. The number of thioether (sulfide) groups is 1. The molecule has 2 aromatic rings. The molecular formula is C22H21N3O2S2. The average Bonchev–Trinajstić information content (AvgIpc) is 3.01. The summed E-state index contributed by atoms with van der Waals surface area (Å²) in [6, 6.07) is 17.7. The minimum atomic E-state index is -0.0866. The molecular weight excluding hydrogens is 402 g/mol. The first-order valence-electron chi connectivity index (χ1n) is 9.44. The summed E-state index contributed by atoms with van der Waals surface area (Å²) in [7, 11) is 1.68. The summed E-state index contributed by atoms with van der Waals surface area (Å²) in [5.74, 6) is -0.0411. The fourth-order valence-electron chi connectivity index (χ4n) is 3.41. The largest absolute Gasteiger partial charge is 0.368 e. The first kappa shape index (κ1) is 19.7. The Hall–Kier alpha value is -2.64. The third kappa shape index (κ3) is 4.21. The molecule has 7 heteroatoms. The summed E-state index contributed by atoms with van der Waals surface area (Å²) in [6.07, 6.45) is 1.82. The quantitative estimate of drug-likeness (QED) is 0.559. The van der Waals surface area contributed by atoms with Crippen LogP contribution >= 0.6 is 24.0 Å². The predicted molar refractivity (Wildman–Crippen MR) is 122 cm³/mol. The number of benzene rings is 2. The number of likely N-dealkylation sites (N-methyl/N-ethyl adjacent to an activating group) is 1. The van der Waals surface area contributed by atoms with E-state index < -0.39 is 0 Å². The van der Waals surface area contributed by atoms with Crippen molar-refractivity contribution in [3.63, 3.8) is 0 Å². The van der Waals surface area contributed by atoms with Gasteiger partial charge < -0.3 is 9.80 Å². The number of amides is 2. The number of nitrogens with zero attached hydrogens (tertiary/aromatic N) is 3. The molecule has 2 heterocycles. The van der Waals surface area contributed by atoms with E-state index in [1.165, 1.54) is 22.3 Å². The van der Waals surface area contributed by atoms with Gasteiger partial charge >= 0.3 is 0 Å². The van der Waals surface area contributed by atoms with Gasteiger partial charge in [-0.1, -0.05) is 54.3 Å². The van der Waals surface area contributed by atoms with Crippen LogP contribution in [0.25, 0.3) is 6.08 Å². The standard InChI is InChI=1S/C22H21N3O2S2/c1-23-21(27)19(29-22(23)28)15-16-7-9-17(10-8-16)20(26)25-13-11-24(12-14-25)18-5-3-2-4-6-18/h2-10,15H,11-14H2,1H3. The van der Waals surface area contributed by atoms with E-state index in [0.29, 0.717) is 27.9 Å². The molecule has 0 bridgehead atoms. The Labute approximate surface area is 180 Å². The van der Waals surface area contributed by atoms with Gasteiger partial charge in [-0.2, -0.15) is 0 Å². The minimum Gasteiger partial charge on any atom is -0.368 e. The Bertz CT molecular complexity index is 965. The first-order valence-corrected chi connectivity index (χ1v) is 10.7. The van der Waals surface area contributed by atoms with Crippen molar-refractivity contribution < 1.29 is 9.59 Å². The summed E-state index contributed by atoms with van der Waals surface area (Å²) in [5.41, 5.74) is 2.74. The SMILES string of the molecule is CN1C(=O)C(=Cc2ccc(C(=O)N3CCN(c4ccccc4)CC3)cc2)SC1=S. The molecule has 148 valence electrons. The van der Waals surface area contributed by atoms with Gasteiger partial charge in [0.1, 0.15) is 4.32 Å². The Morgan fingerprint density at radius 2 is 1.66 bits per heavy atom. The zero-order valence-electron chi connectivity index (χ0n) is 16.1. The van der Waals surface area contributed by atoms with Crippen molar-refractivity contribution in [3.8, 4) is 0 Å². The summed E-state index contributed by atoms with van der Waals surface area (Å²) < 4.78 is 0.558. The van der Waals surface area contributed by atoms with E-state index >= 15 is 0 Å². The van der Waals surface area contributed by atoms with Crippen LogP contribution in [0.15, 0.2) is 59.5 Å². The number of rotatable bonds is 3. The molecule has 0 aromatic heterocycles. The zero-order valence-corrected chi connectivity index (χ0v) is 17.7. The summed E-state index contributed by atoms with van der Waals surface area (Å²) in [4.78, 5) is 31.2. The number of carbonyl (C=O) groups is 2. The smallest absolute Gasteiger partial charge is 0.265 e. The molecule has 2 saturated heterocycles. The molecule has 0 N–H and O–H groups in total. The van der Waals surface area contributed by atoms with Crippen molar-refractivity contribution >= 4 is 51.9 Å². The maximum absolute atomic E-state index is 12.8. The lowest BCUT2D eigenvalue weighted by molar-refractivity contribution is -0.121.